The Morgan fingerprint density at radius 1 is 1.47 bits per heavy atom. The number of likely N-dealkylation sites (tertiary alicyclic amines) is 1. The third-order valence-electron chi connectivity index (χ3n) is 2.81. The molecule has 0 aliphatic carbocycles. The number of hydrogen-bond donors (Lipinski definition) is 1. The number of aliphatic hydroxyl groups excluding tert-OH is 1. The number of ether oxygens (including phenoxy) is 1. The molecule has 1 N–H and O–H groups in total. The zero-order chi connectivity index (χ0) is 11.3. The topological polar surface area (TPSA) is 35.9 Å². The van der Waals surface area contributed by atoms with E-state index in [0.29, 0.717) is 6.04 Å². The highest BCUT2D eigenvalue weighted by molar-refractivity contribution is 4.86. The van der Waals surface area contributed by atoms with E-state index >= 15 is 0 Å². The van der Waals surface area contributed by atoms with Crippen molar-refractivity contribution in [1.82, 2.24) is 9.80 Å². The van der Waals surface area contributed by atoms with Crippen LogP contribution in [0.25, 0.3) is 0 Å². The molecule has 0 aromatic carbocycles. The molecule has 90 valence electrons. The molecule has 0 radical (unpaired) electrons. The van der Waals surface area contributed by atoms with Crippen LogP contribution in [0.15, 0.2) is 0 Å². The summed E-state index contributed by atoms with van der Waals surface area (Å²) in [5, 5.41) is 9.64. The van der Waals surface area contributed by atoms with Crippen LogP contribution < -0.4 is 0 Å². The summed E-state index contributed by atoms with van der Waals surface area (Å²) in [6.45, 7) is 6.30. The lowest BCUT2D eigenvalue weighted by molar-refractivity contribution is 0.0982. The van der Waals surface area contributed by atoms with Crippen molar-refractivity contribution in [1.29, 1.82) is 0 Å². The fourth-order valence-corrected chi connectivity index (χ4v) is 2.17. The zero-order valence-electron chi connectivity index (χ0n) is 10.1. The highest BCUT2D eigenvalue weighted by atomic mass is 16.5. The molecule has 4 nitrogen and oxygen atoms in total. The molecule has 0 amide bonds. The summed E-state index contributed by atoms with van der Waals surface area (Å²) >= 11 is 0. The lowest BCUT2D eigenvalue weighted by Crippen LogP contribution is -2.39. The monoisotopic (exact) mass is 216 g/mol. The van der Waals surface area contributed by atoms with E-state index in [2.05, 4.69) is 23.9 Å². The van der Waals surface area contributed by atoms with Crippen LogP contribution in [0.5, 0.6) is 0 Å². The van der Waals surface area contributed by atoms with E-state index in [1.165, 1.54) is 0 Å². The molecule has 1 aliphatic heterocycles. The number of likely N-dealkylation sites (N-methyl/N-ethyl adjacent to an activating group) is 1. The van der Waals surface area contributed by atoms with Crippen molar-refractivity contribution < 1.29 is 9.84 Å². The van der Waals surface area contributed by atoms with Gasteiger partial charge < -0.3 is 14.7 Å². The van der Waals surface area contributed by atoms with Gasteiger partial charge in [0.05, 0.1) is 12.7 Å². The Balaban J connectivity index is 2.31. The first-order chi connectivity index (χ1) is 7.13. The zero-order valence-corrected chi connectivity index (χ0v) is 10.1. The number of aliphatic hydroxyl groups is 1. The van der Waals surface area contributed by atoms with Crippen LogP contribution in [0.1, 0.15) is 13.3 Å². The molecule has 0 spiro atoms. The van der Waals surface area contributed by atoms with Gasteiger partial charge in [0.2, 0.25) is 0 Å². The van der Waals surface area contributed by atoms with E-state index in [0.717, 1.165) is 39.3 Å². The molecule has 1 heterocycles. The maximum atomic E-state index is 9.64. The normalized spacial score (nSPS) is 27.8. The van der Waals surface area contributed by atoms with Crippen molar-refractivity contribution >= 4 is 0 Å². The van der Waals surface area contributed by atoms with Gasteiger partial charge in [0.15, 0.2) is 0 Å². The Morgan fingerprint density at radius 3 is 2.80 bits per heavy atom. The molecule has 2 atom stereocenters. The number of rotatable bonds is 6. The Hall–Kier alpha value is -0.160. The molecule has 1 saturated heterocycles. The van der Waals surface area contributed by atoms with Crippen LogP contribution in [0.2, 0.25) is 0 Å². The second-order valence-corrected chi connectivity index (χ2v) is 4.50. The summed E-state index contributed by atoms with van der Waals surface area (Å²) in [6, 6.07) is 0.482. The second kappa shape index (κ2) is 6.43. The first-order valence-electron chi connectivity index (χ1n) is 5.78. The molecular formula is C11H24N2O2. The van der Waals surface area contributed by atoms with Crippen LogP contribution in [0, 0.1) is 0 Å². The SMILES string of the molecule is CCOCCN1CC(O)CC1CN(C)C. The molecular weight excluding hydrogens is 192 g/mol. The summed E-state index contributed by atoms with van der Waals surface area (Å²) in [7, 11) is 4.15. The Morgan fingerprint density at radius 2 is 2.20 bits per heavy atom. The summed E-state index contributed by atoms with van der Waals surface area (Å²) in [4.78, 5) is 4.51. The summed E-state index contributed by atoms with van der Waals surface area (Å²) < 4.78 is 5.35. The predicted molar refractivity (Wildman–Crippen MR) is 61.0 cm³/mol. The quantitative estimate of drug-likeness (QED) is 0.635. The van der Waals surface area contributed by atoms with Gasteiger partial charge in [0, 0.05) is 32.3 Å². The van der Waals surface area contributed by atoms with Crippen LogP contribution in [-0.4, -0.2) is 74.0 Å². The third-order valence-corrected chi connectivity index (χ3v) is 2.81. The number of nitrogens with zero attached hydrogens (tertiary/aromatic N) is 2. The van der Waals surface area contributed by atoms with Gasteiger partial charge in [0.25, 0.3) is 0 Å². The largest absolute Gasteiger partial charge is 0.392 e. The smallest absolute Gasteiger partial charge is 0.0682 e. The number of β-amino-alcohol motifs (C(OH)–C–C–N with tert-alkyl or cyclic N) is 1. The van der Waals surface area contributed by atoms with Crippen molar-refractivity contribution in [2.24, 2.45) is 0 Å². The molecule has 0 bridgehead atoms. The van der Waals surface area contributed by atoms with Gasteiger partial charge in [-0.25, -0.2) is 0 Å². The van der Waals surface area contributed by atoms with Crippen molar-refractivity contribution in [2.45, 2.75) is 25.5 Å². The van der Waals surface area contributed by atoms with Crippen molar-refractivity contribution in [3.63, 3.8) is 0 Å². The van der Waals surface area contributed by atoms with Crippen molar-refractivity contribution in [3.05, 3.63) is 0 Å². The average Bonchev–Trinajstić information content (AvgIpc) is 2.46. The Labute approximate surface area is 92.8 Å². The molecule has 0 saturated carbocycles. The Kier molecular flexibility index (Phi) is 5.53. The molecule has 1 aliphatic rings. The minimum absolute atomic E-state index is 0.156. The first kappa shape index (κ1) is 12.9. The van der Waals surface area contributed by atoms with Gasteiger partial charge >= 0.3 is 0 Å². The lowest BCUT2D eigenvalue weighted by atomic mass is 10.2. The molecule has 2 unspecified atom stereocenters. The van der Waals surface area contributed by atoms with E-state index in [9.17, 15) is 5.11 Å². The molecule has 1 fully saturated rings. The second-order valence-electron chi connectivity index (χ2n) is 4.50. The average molecular weight is 216 g/mol. The van der Waals surface area contributed by atoms with Gasteiger partial charge in [-0.15, -0.1) is 0 Å². The Bertz CT molecular complexity index is 176. The van der Waals surface area contributed by atoms with Crippen LogP contribution in [0.3, 0.4) is 0 Å². The molecule has 1 rings (SSSR count). The molecule has 15 heavy (non-hydrogen) atoms. The molecule has 0 aromatic heterocycles. The summed E-state index contributed by atoms with van der Waals surface area (Å²) in [6.07, 6.45) is 0.737. The lowest BCUT2D eigenvalue weighted by Gasteiger charge is -2.26. The van der Waals surface area contributed by atoms with Crippen molar-refractivity contribution in [3.8, 4) is 0 Å². The first-order valence-corrected chi connectivity index (χ1v) is 5.78. The van der Waals surface area contributed by atoms with Gasteiger partial charge in [-0.3, -0.25) is 4.90 Å². The fraction of sp³-hybridized carbons (Fsp3) is 1.00. The minimum Gasteiger partial charge on any atom is -0.392 e. The van der Waals surface area contributed by atoms with Crippen LogP contribution >= 0.6 is 0 Å². The van der Waals surface area contributed by atoms with Gasteiger partial charge in [0.1, 0.15) is 0 Å². The van der Waals surface area contributed by atoms with Crippen LogP contribution in [0.4, 0.5) is 0 Å². The van der Waals surface area contributed by atoms with Gasteiger partial charge in [-0.1, -0.05) is 0 Å². The van der Waals surface area contributed by atoms with E-state index < -0.39 is 0 Å². The predicted octanol–water partition coefficient (Wildman–Crippen LogP) is 0.0197. The van der Waals surface area contributed by atoms with Crippen molar-refractivity contribution in [2.75, 3.05) is 46.9 Å². The van der Waals surface area contributed by atoms with Gasteiger partial charge in [-0.05, 0) is 27.4 Å². The highest BCUT2D eigenvalue weighted by Crippen LogP contribution is 2.17. The van der Waals surface area contributed by atoms with Gasteiger partial charge in [-0.2, -0.15) is 0 Å². The van der Waals surface area contributed by atoms with E-state index in [4.69, 9.17) is 4.74 Å². The summed E-state index contributed by atoms with van der Waals surface area (Å²) in [5.74, 6) is 0. The highest BCUT2D eigenvalue weighted by Gasteiger charge is 2.30. The standard InChI is InChI=1S/C11H24N2O2/c1-4-15-6-5-13-9-11(14)7-10(13)8-12(2)3/h10-11,14H,4-9H2,1-3H3. The fourth-order valence-electron chi connectivity index (χ4n) is 2.17. The minimum atomic E-state index is -0.156. The molecule has 4 heteroatoms. The summed E-state index contributed by atoms with van der Waals surface area (Å²) in [5.41, 5.74) is 0. The van der Waals surface area contributed by atoms with E-state index in [1.54, 1.807) is 0 Å². The maximum Gasteiger partial charge on any atom is 0.0682 e. The number of hydrogen-bond acceptors (Lipinski definition) is 4. The van der Waals surface area contributed by atoms with E-state index in [-0.39, 0.29) is 6.10 Å². The molecule has 0 aromatic rings. The maximum absolute atomic E-state index is 9.64. The third kappa shape index (κ3) is 4.47. The van der Waals surface area contributed by atoms with Crippen LogP contribution in [-0.2, 0) is 4.74 Å². The van der Waals surface area contributed by atoms with E-state index in [1.807, 2.05) is 6.92 Å².